The first-order chi connectivity index (χ1) is 7.90. The number of rotatable bonds is 5. The third-order valence-electron chi connectivity index (χ3n) is 5.09. The Labute approximate surface area is 104 Å². The summed E-state index contributed by atoms with van der Waals surface area (Å²) in [4.78, 5) is 11.7. The van der Waals surface area contributed by atoms with Gasteiger partial charge in [0.25, 0.3) is 0 Å². The van der Waals surface area contributed by atoms with Crippen LogP contribution in [0.25, 0.3) is 0 Å². The largest absolute Gasteiger partial charge is 0.438 e. The van der Waals surface area contributed by atoms with Crippen molar-refractivity contribution >= 4 is 5.97 Å². The van der Waals surface area contributed by atoms with E-state index in [1.165, 1.54) is 12.8 Å². The molecule has 0 aromatic heterocycles. The first-order valence-corrected chi connectivity index (χ1v) is 6.69. The molecule has 17 heavy (non-hydrogen) atoms. The van der Waals surface area contributed by atoms with Gasteiger partial charge in [0.15, 0.2) is 6.79 Å². The Morgan fingerprint density at radius 1 is 1.47 bits per heavy atom. The highest BCUT2D eigenvalue weighted by molar-refractivity contribution is 5.75. The molecule has 0 amide bonds. The van der Waals surface area contributed by atoms with Crippen molar-refractivity contribution in [3.63, 3.8) is 0 Å². The van der Waals surface area contributed by atoms with Gasteiger partial charge in [0.1, 0.15) is 0 Å². The zero-order valence-electron chi connectivity index (χ0n) is 11.4. The number of carbonyl (C=O) groups excluding carboxylic acids is 1. The molecule has 0 heterocycles. The summed E-state index contributed by atoms with van der Waals surface area (Å²) in [6.07, 6.45) is 4.84. The molecule has 0 N–H and O–H groups in total. The summed E-state index contributed by atoms with van der Waals surface area (Å²) >= 11 is 0. The maximum absolute atomic E-state index is 11.7. The van der Waals surface area contributed by atoms with E-state index in [2.05, 4.69) is 6.92 Å². The van der Waals surface area contributed by atoms with E-state index < -0.39 is 5.41 Å². The summed E-state index contributed by atoms with van der Waals surface area (Å²) in [5.41, 5.74) is -0.0153. The van der Waals surface area contributed by atoms with E-state index in [0.717, 1.165) is 18.8 Å². The Hall–Kier alpha value is -0.570. The molecular weight excluding hydrogens is 216 g/mol. The van der Waals surface area contributed by atoms with E-state index in [-0.39, 0.29) is 12.8 Å². The Kier molecular flexibility index (Phi) is 3.23. The normalized spacial score (nSPS) is 35.5. The van der Waals surface area contributed by atoms with Gasteiger partial charge in [0.05, 0.1) is 11.5 Å². The molecule has 2 fully saturated rings. The molecule has 0 spiro atoms. The molecule has 0 bridgehead atoms. The molecule has 2 aliphatic carbocycles. The number of ether oxygens (including phenoxy) is 2. The van der Waals surface area contributed by atoms with Gasteiger partial charge in [0.2, 0.25) is 0 Å². The quantitative estimate of drug-likeness (QED) is 0.547. The molecular formula is C14H24O3. The van der Waals surface area contributed by atoms with Crippen molar-refractivity contribution < 1.29 is 14.3 Å². The molecule has 2 rings (SSSR count). The molecule has 0 aliphatic heterocycles. The summed E-state index contributed by atoms with van der Waals surface area (Å²) in [5.74, 6) is 0.699. The smallest absolute Gasteiger partial charge is 0.313 e. The molecule has 98 valence electrons. The number of hydrogen-bond acceptors (Lipinski definition) is 3. The summed E-state index contributed by atoms with van der Waals surface area (Å²) in [6.45, 7) is 8.21. The maximum atomic E-state index is 11.7. The van der Waals surface area contributed by atoms with Crippen LogP contribution in [-0.4, -0.2) is 18.9 Å². The molecule has 0 radical (unpaired) electrons. The second-order valence-corrected chi connectivity index (χ2v) is 6.42. The maximum Gasteiger partial charge on any atom is 0.313 e. The highest BCUT2D eigenvalue weighted by Gasteiger charge is 2.58. The number of hydrogen-bond donors (Lipinski definition) is 0. The average Bonchev–Trinajstić information content (AvgIpc) is 2.31. The third-order valence-corrected chi connectivity index (χ3v) is 5.09. The first kappa shape index (κ1) is 12.9. The van der Waals surface area contributed by atoms with Crippen LogP contribution in [-0.2, 0) is 14.3 Å². The van der Waals surface area contributed by atoms with Gasteiger partial charge in [-0.1, -0.05) is 13.8 Å². The van der Waals surface area contributed by atoms with Crippen molar-refractivity contribution in [3.05, 3.63) is 0 Å². The minimum absolute atomic E-state index is 0.120. The van der Waals surface area contributed by atoms with Crippen molar-refractivity contribution in [2.75, 3.05) is 6.79 Å². The lowest BCUT2D eigenvalue weighted by Crippen LogP contribution is -2.59. The van der Waals surface area contributed by atoms with E-state index in [1.807, 2.05) is 20.8 Å². The molecule has 0 aromatic rings. The standard InChI is InChI=1S/C14H24O3/c1-5-13(2,3)12(15)17-9-16-11-8-10-6-7-14(10,11)4/h10-11H,5-9H2,1-4H3. The van der Waals surface area contributed by atoms with Crippen LogP contribution < -0.4 is 0 Å². The van der Waals surface area contributed by atoms with Crippen LogP contribution in [0.2, 0.25) is 0 Å². The molecule has 3 nitrogen and oxygen atoms in total. The molecule has 0 aromatic carbocycles. The van der Waals surface area contributed by atoms with E-state index in [4.69, 9.17) is 9.47 Å². The topological polar surface area (TPSA) is 35.5 Å². The molecule has 2 aliphatic rings. The van der Waals surface area contributed by atoms with Crippen LogP contribution in [0.3, 0.4) is 0 Å². The van der Waals surface area contributed by atoms with Crippen molar-refractivity contribution in [2.24, 2.45) is 16.7 Å². The summed E-state index contributed by atoms with van der Waals surface area (Å²) in [7, 11) is 0. The Bertz CT molecular complexity index is 311. The predicted octanol–water partition coefficient (Wildman–Crippen LogP) is 3.13. The lowest BCUT2D eigenvalue weighted by atomic mass is 9.47. The van der Waals surface area contributed by atoms with Crippen molar-refractivity contribution in [3.8, 4) is 0 Å². The Morgan fingerprint density at radius 2 is 2.18 bits per heavy atom. The average molecular weight is 240 g/mol. The predicted molar refractivity (Wildman–Crippen MR) is 65.4 cm³/mol. The van der Waals surface area contributed by atoms with Crippen LogP contribution in [0, 0.1) is 16.7 Å². The fourth-order valence-corrected chi connectivity index (χ4v) is 2.75. The second-order valence-electron chi connectivity index (χ2n) is 6.42. The van der Waals surface area contributed by atoms with Gasteiger partial charge in [-0.25, -0.2) is 0 Å². The van der Waals surface area contributed by atoms with Gasteiger partial charge in [-0.3, -0.25) is 4.79 Å². The highest BCUT2D eigenvalue weighted by atomic mass is 16.7. The van der Waals surface area contributed by atoms with Crippen LogP contribution in [0.15, 0.2) is 0 Å². The van der Waals surface area contributed by atoms with E-state index in [0.29, 0.717) is 11.5 Å². The second kappa shape index (κ2) is 4.27. The van der Waals surface area contributed by atoms with Crippen LogP contribution >= 0.6 is 0 Å². The van der Waals surface area contributed by atoms with Gasteiger partial charge in [-0.15, -0.1) is 0 Å². The molecule has 0 saturated heterocycles. The van der Waals surface area contributed by atoms with Crippen LogP contribution in [0.1, 0.15) is 53.4 Å². The lowest BCUT2D eigenvalue weighted by Gasteiger charge is -2.61. The number of fused-ring (bicyclic) bond motifs is 1. The van der Waals surface area contributed by atoms with Gasteiger partial charge in [0, 0.05) is 0 Å². The zero-order valence-corrected chi connectivity index (χ0v) is 11.4. The molecule has 3 unspecified atom stereocenters. The minimum Gasteiger partial charge on any atom is -0.438 e. The number of esters is 1. The lowest BCUT2D eigenvalue weighted by molar-refractivity contribution is -0.235. The summed E-state index contributed by atoms with van der Waals surface area (Å²) in [5, 5.41) is 0. The highest BCUT2D eigenvalue weighted by Crippen LogP contribution is 2.61. The van der Waals surface area contributed by atoms with E-state index >= 15 is 0 Å². The molecule has 3 heteroatoms. The molecule has 2 saturated carbocycles. The monoisotopic (exact) mass is 240 g/mol. The van der Waals surface area contributed by atoms with Gasteiger partial charge >= 0.3 is 5.97 Å². The fraction of sp³-hybridized carbons (Fsp3) is 0.929. The SMILES string of the molecule is CCC(C)(C)C(=O)OCOC1CC2CCC21C. The zero-order chi connectivity index (χ0) is 12.7. The Morgan fingerprint density at radius 3 is 2.59 bits per heavy atom. The minimum atomic E-state index is -0.397. The first-order valence-electron chi connectivity index (χ1n) is 6.69. The third kappa shape index (κ3) is 2.10. The van der Waals surface area contributed by atoms with Crippen LogP contribution in [0.5, 0.6) is 0 Å². The van der Waals surface area contributed by atoms with Gasteiger partial charge < -0.3 is 9.47 Å². The van der Waals surface area contributed by atoms with Gasteiger partial charge in [-0.05, 0) is 50.9 Å². The van der Waals surface area contributed by atoms with Crippen LogP contribution in [0.4, 0.5) is 0 Å². The van der Waals surface area contributed by atoms with Crippen molar-refractivity contribution in [2.45, 2.75) is 59.5 Å². The van der Waals surface area contributed by atoms with Crippen molar-refractivity contribution in [1.82, 2.24) is 0 Å². The molecule has 3 atom stereocenters. The fourth-order valence-electron chi connectivity index (χ4n) is 2.75. The number of carbonyl (C=O) groups is 1. The summed E-state index contributed by atoms with van der Waals surface area (Å²) < 4.78 is 10.9. The summed E-state index contributed by atoms with van der Waals surface area (Å²) in [6, 6.07) is 0. The Balaban J connectivity index is 1.69. The van der Waals surface area contributed by atoms with E-state index in [9.17, 15) is 4.79 Å². The van der Waals surface area contributed by atoms with Gasteiger partial charge in [-0.2, -0.15) is 0 Å². The van der Waals surface area contributed by atoms with Crippen molar-refractivity contribution in [1.29, 1.82) is 0 Å². The van der Waals surface area contributed by atoms with E-state index in [1.54, 1.807) is 0 Å².